The summed E-state index contributed by atoms with van der Waals surface area (Å²) >= 11 is 0.986. The lowest BCUT2D eigenvalue weighted by molar-refractivity contribution is -0.147. The SMILES string of the molecule is Cc1csc(=O)n1CC(=O)OCC(=O)Nc1ccc(S(=O)(=O)N2CC(C)CC(C)C2)cc1. The fraction of sp³-hybridized carbons (Fsp3) is 0.476. The first-order valence-corrected chi connectivity index (χ1v) is 12.6. The molecule has 1 aromatic carbocycles. The lowest BCUT2D eigenvalue weighted by Gasteiger charge is -2.34. The Kier molecular flexibility index (Phi) is 7.52. The van der Waals surface area contributed by atoms with Crippen LogP contribution in [0.5, 0.6) is 0 Å². The van der Waals surface area contributed by atoms with Gasteiger partial charge in [0.15, 0.2) is 6.61 Å². The number of hydrogen-bond donors (Lipinski definition) is 1. The van der Waals surface area contributed by atoms with E-state index in [0.29, 0.717) is 36.3 Å². The number of hydrogen-bond acceptors (Lipinski definition) is 7. The van der Waals surface area contributed by atoms with Crippen LogP contribution in [0.15, 0.2) is 39.3 Å². The van der Waals surface area contributed by atoms with E-state index in [1.165, 1.54) is 33.1 Å². The van der Waals surface area contributed by atoms with Crippen molar-refractivity contribution in [3.63, 3.8) is 0 Å². The first kappa shape index (κ1) is 24.1. The summed E-state index contributed by atoms with van der Waals surface area (Å²) in [6.45, 7) is 6.00. The second kappa shape index (κ2) is 9.97. The number of sulfonamides is 1. The second-order valence-electron chi connectivity index (χ2n) is 8.23. The molecular weight excluding hydrogens is 454 g/mol. The van der Waals surface area contributed by atoms with Gasteiger partial charge in [0.2, 0.25) is 10.0 Å². The third-order valence-corrected chi connectivity index (χ3v) is 7.97. The molecule has 2 heterocycles. The van der Waals surface area contributed by atoms with Gasteiger partial charge in [-0.3, -0.25) is 19.0 Å². The number of aryl methyl sites for hydroxylation is 1. The fourth-order valence-electron chi connectivity index (χ4n) is 3.78. The van der Waals surface area contributed by atoms with Crippen LogP contribution in [0.4, 0.5) is 5.69 Å². The molecule has 2 atom stereocenters. The lowest BCUT2D eigenvalue weighted by atomic mass is 9.94. The van der Waals surface area contributed by atoms with Crippen LogP contribution >= 0.6 is 11.3 Å². The van der Waals surface area contributed by atoms with Gasteiger partial charge in [0.25, 0.3) is 5.91 Å². The van der Waals surface area contributed by atoms with E-state index >= 15 is 0 Å². The Morgan fingerprint density at radius 2 is 1.78 bits per heavy atom. The first-order valence-electron chi connectivity index (χ1n) is 10.3. The highest BCUT2D eigenvalue weighted by Crippen LogP contribution is 2.27. The van der Waals surface area contributed by atoms with Crippen molar-refractivity contribution in [1.82, 2.24) is 8.87 Å². The molecule has 11 heteroatoms. The average Bonchev–Trinajstić information content (AvgIpc) is 3.04. The zero-order valence-electron chi connectivity index (χ0n) is 18.2. The minimum absolute atomic E-state index is 0.166. The van der Waals surface area contributed by atoms with Gasteiger partial charge in [-0.1, -0.05) is 25.2 Å². The summed E-state index contributed by atoms with van der Waals surface area (Å²) < 4.78 is 33.6. The van der Waals surface area contributed by atoms with Crippen molar-refractivity contribution < 1.29 is 22.7 Å². The van der Waals surface area contributed by atoms with Crippen molar-refractivity contribution in [2.45, 2.75) is 38.6 Å². The predicted octanol–water partition coefficient (Wildman–Crippen LogP) is 2.07. The van der Waals surface area contributed by atoms with Gasteiger partial charge in [0, 0.05) is 29.9 Å². The fourth-order valence-corrected chi connectivity index (χ4v) is 6.19. The molecule has 1 aromatic heterocycles. The van der Waals surface area contributed by atoms with Gasteiger partial charge in [-0.15, -0.1) is 0 Å². The molecule has 0 aliphatic carbocycles. The number of rotatable bonds is 7. The van der Waals surface area contributed by atoms with Crippen LogP contribution in [-0.4, -0.2) is 48.9 Å². The summed E-state index contributed by atoms with van der Waals surface area (Å²) in [5.41, 5.74) is 1.03. The van der Waals surface area contributed by atoms with Crippen LogP contribution in [0.25, 0.3) is 0 Å². The second-order valence-corrected chi connectivity index (χ2v) is 11.0. The molecule has 1 amide bonds. The highest BCUT2D eigenvalue weighted by atomic mass is 32.2. The van der Waals surface area contributed by atoms with Crippen molar-refractivity contribution in [2.75, 3.05) is 25.0 Å². The number of aromatic nitrogens is 1. The molecule has 174 valence electrons. The highest BCUT2D eigenvalue weighted by Gasteiger charge is 2.31. The third-order valence-electron chi connectivity index (χ3n) is 5.24. The summed E-state index contributed by atoms with van der Waals surface area (Å²) in [7, 11) is -3.60. The number of carbonyl (C=O) groups is 2. The molecule has 0 spiro atoms. The Bertz CT molecular complexity index is 1130. The zero-order chi connectivity index (χ0) is 23.5. The number of carbonyl (C=O) groups excluding carboxylic acids is 2. The smallest absolute Gasteiger partial charge is 0.326 e. The standard InChI is InChI=1S/C21H27N3O6S2/c1-14-8-15(2)10-23(9-14)32(28,29)18-6-4-17(5-7-18)22-19(25)12-30-20(26)11-24-16(3)13-31-21(24)27/h4-7,13-15H,8-12H2,1-3H3,(H,22,25). The molecular formula is C21H27N3O6S2. The van der Waals surface area contributed by atoms with Crippen molar-refractivity contribution in [3.05, 3.63) is 45.0 Å². The molecule has 32 heavy (non-hydrogen) atoms. The largest absolute Gasteiger partial charge is 0.454 e. The first-order chi connectivity index (χ1) is 15.1. The minimum atomic E-state index is -3.60. The maximum atomic E-state index is 12.9. The van der Waals surface area contributed by atoms with Gasteiger partial charge in [0.1, 0.15) is 6.54 Å². The number of piperidine rings is 1. The Balaban J connectivity index is 1.54. The van der Waals surface area contributed by atoms with Crippen molar-refractivity contribution in [1.29, 1.82) is 0 Å². The van der Waals surface area contributed by atoms with Crippen LogP contribution in [-0.2, 0) is 30.9 Å². The summed E-state index contributed by atoms with van der Waals surface area (Å²) in [6.07, 6.45) is 1.01. The average molecular weight is 482 g/mol. The molecule has 1 fully saturated rings. The number of nitrogens with zero attached hydrogens (tertiary/aromatic N) is 2. The van der Waals surface area contributed by atoms with E-state index in [1.807, 2.05) is 13.8 Å². The van der Waals surface area contributed by atoms with Crippen LogP contribution in [0.2, 0.25) is 0 Å². The van der Waals surface area contributed by atoms with Crippen molar-refractivity contribution >= 4 is 38.9 Å². The minimum Gasteiger partial charge on any atom is -0.454 e. The van der Waals surface area contributed by atoms with Crippen LogP contribution in [0, 0.1) is 18.8 Å². The van der Waals surface area contributed by atoms with Crippen molar-refractivity contribution in [2.24, 2.45) is 11.8 Å². The number of ether oxygens (including phenoxy) is 1. The van der Waals surface area contributed by atoms with Gasteiger partial charge >= 0.3 is 10.8 Å². The molecule has 0 bridgehead atoms. The van der Waals surface area contributed by atoms with E-state index in [1.54, 1.807) is 12.3 Å². The maximum absolute atomic E-state index is 12.9. The molecule has 1 saturated heterocycles. The molecule has 3 rings (SSSR count). The molecule has 0 radical (unpaired) electrons. The molecule has 2 unspecified atom stereocenters. The number of anilines is 1. The van der Waals surface area contributed by atoms with E-state index in [2.05, 4.69) is 5.32 Å². The topological polar surface area (TPSA) is 115 Å². The van der Waals surface area contributed by atoms with E-state index < -0.39 is 28.5 Å². The van der Waals surface area contributed by atoms with Crippen LogP contribution < -0.4 is 10.2 Å². The zero-order valence-corrected chi connectivity index (χ0v) is 19.9. The van der Waals surface area contributed by atoms with E-state index in [0.717, 1.165) is 17.8 Å². The molecule has 1 N–H and O–H groups in total. The molecule has 9 nitrogen and oxygen atoms in total. The number of thiazole rings is 1. The Labute approximate surface area is 191 Å². The van der Waals surface area contributed by atoms with Crippen LogP contribution in [0.1, 0.15) is 26.0 Å². The number of benzene rings is 1. The third kappa shape index (κ3) is 5.84. The monoisotopic (exact) mass is 481 g/mol. The highest BCUT2D eigenvalue weighted by molar-refractivity contribution is 7.89. The van der Waals surface area contributed by atoms with E-state index in [4.69, 9.17) is 4.74 Å². The predicted molar refractivity (Wildman–Crippen MR) is 121 cm³/mol. The number of nitrogens with one attached hydrogen (secondary N) is 1. The van der Waals surface area contributed by atoms with Gasteiger partial charge in [-0.25, -0.2) is 8.42 Å². The summed E-state index contributed by atoms with van der Waals surface area (Å²) in [5.74, 6) is -0.661. The Morgan fingerprint density at radius 1 is 1.16 bits per heavy atom. The maximum Gasteiger partial charge on any atom is 0.326 e. The molecule has 1 aliphatic heterocycles. The molecule has 2 aromatic rings. The van der Waals surface area contributed by atoms with Crippen LogP contribution in [0.3, 0.4) is 0 Å². The van der Waals surface area contributed by atoms with Gasteiger partial charge in [0.05, 0.1) is 4.90 Å². The van der Waals surface area contributed by atoms with E-state index in [-0.39, 0.29) is 16.3 Å². The molecule has 0 saturated carbocycles. The quantitative estimate of drug-likeness (QED) is 0.606. The van der Waals surface area contributed by atoms with Gasteiger partial charge in [-0.05, 0) is 49.4 Å². The summed E-state index contributed by atoms with van der Waals surface area (Å²) in [5, 5.41) is 4.20. The number of amides is 1. The summed E-state index contributed by atoms with van der Waals surface area (Å²) in [6, 6.07) is 5.90. The van der Waals surface area contributed by atoms with Gasteiger partial charge < -0.3 is 10.1 Å². The number of esters is 1. The summed E-state index contributed by atoms with van der Waals surface area (Å²) in [4.78, 5) is 35.5. The normalized spacial score (nSPS) is 19.5. The van der Waals surface area contributed by atoms with Gasteiger partial charge in [-0.2, -0.15) is 4.31 Å². The lowest BCUT2D eigenvalue weighted by Crippen LogP contribution is -2.42. The van der Waals surface area contributed by atoms with Crippen molar-refractivity contribution in [3.8, 4) is 0 Å². The molecule has 1 aliphatic rings. The van der Waals surface area contributed by atoms with E-state index in [9.17, 15) is 22.8 Å². The Morgan fingerprint density at radius 3 is 2.34 bits per heavy atom. The Hall–Kier alpha value is -2.50.